The number of unbranched alkanes of at least 4 members (excludes halogenated alkanes) is 1. The summed E-state index contributed by atoms with van der Waals surface area (Å²) in [6, 6.07) is 12.4. The summed E-state index contributed by atoms with van der Waals surface area (Å²) in [5.74, 6) is 0.724. The van der Waals surface area contributed by atoms with Crippen molar-refractivity contribution in [1.29, 1.82) is 0 Å². The maximum absolute atomic E-state index is 12.1. The number of para-hydroxylation sites is 1. The van der Waals surface area contributed by atoms with Crippen LogP contribution < -0.4 is 25.0 Å². The molecule has 194 valence electrons. The molecule has 1 aliphatic rings. The first-order valence-electron chi connectivity index (χ1n) is 11.5. The van der Waals surface area contributed by atoms with E-state index in [0.29, 0.717) is 48.0 Å². The van der Waals surface area contributed by atoms with Gasteiger partial charge in [0.25, 0.3) is 5.91 Å². The predicted molar refractivity (Wildman–Crippen MR) is 138 cm³/mol. The Morgan fingerprint density at radius 3 is 2.63 bits per heavy atom. The Morgan fingerprint density at radius 2 is 2.06 bits per heavy atom. The Bertz CT molecular complexity index is 905. The third kappa shape index (κ3) is 8.88. The number of hydrogen-bond donors (Lipinski definition) is 5. The van der Waals surface area contributed by atoms with Crippen molar-refractivity contribution < 1.29 is 29.3 Å². The maximum Gasteiger partial charge on any atom is 0.251 e. The molecule has 11 heteroatoms. The average molecular weight is 509 g/mol. The molecule has 10 nitrogen and oxygen atoms in total. The number of anilines is 2. The molecule has 35 heavy (non-hydrogen) atoms. The smallest absolute Gasteiger partial charge is 0.251 e. The molecule has 0 aromatic heterocycles. The molecule has 0 aliphatic carbocycles. The topological polar surface area (TPSA) is 139 Å². The van der Waals surface area contributed by atoms with Gasteiger partial charge in [0.15, 0.2) is 12.0 Å². The minimum Gasteiger partial charge on any atom is -0.453 e. The van der Waals surface area contributed by atoms with Crippen LogP contribution in [0.4, 0.5) is 11.4 Å². The van der Waals surface area contributed by atoms with E-state index in [-0.39, 0.29) is 11.6 Å². The van der Waals surface area contributed by atoms with E-state index < -0.39 is 12.4 Å². The molecule has 0 spiro atoms. The normalized spacial score (nSPS) is 17.1. The van der Waals surface area contributed by atoms with Crippen LogP contribution in [0.15, 0.2) is 42.5 Å². The lowest BCUT2D eigenvalue weighted by Gasteiger charge is -2.26. The maximum atomic E-state index is 12.1. The Kier molecular flexibility index (Phi) is 12.7. The highest BCUT2D eigenvalue weighted by Gasteiger charge is 2.23. The van der Waals surface area contributed by atoms with Crippen LogP contribution in [-0.2, 0) is 9.47 Å². The van der Waals surface area contributed by atoms with Gasteiger partial charge < -0.3 is 30.0 Å². The highest BCUT2D eigenvalue weighted by atomic mass is 32.2. The molecule has 1 amide bonds. The second-order valence-corrected chi connectivity index (χ2v) is 8.27. The lowest BCUT2D eigenvalue weighted by molar-refractivity contribution is -0.201. The van der Waals surface area contributed by atoms with Crippen LogP contribution in [0.1, 0.15) is 43.0 Å². The molecule has 2 atom stereocenters. The minimum atomic E-state index is -0.427. The molecular weight excluding hydrogens is 472 g/mol. The van der Waals surface area contributed by atoms with Crippen molar-refractivity contribution in [3.63, 3.8) is 0 Å². The summed E-state index contributed by atoms with van der Waals surface area (Å²) in [4.78, 5) is 12.1. The number of carbonyl (C=O) groups is 1. The van der Waals surface area contributed by atoms with Gasteiger partial charge in [-0.1, -0.05) is 31.5 Å². The molecule has 1 aliphatic heterocycles. The number of nitrogens with zero attached hydrogens (tertiary/aromatic N) is 1. The van der Waals surface area contributed by atoms with E-state index in [2.05, 4.69) is 17.6 Å². The predicted octanol–water partition coefficient (Wildman–Crippen LogP) is 3.90. The first-order valence-corrected chi connectivity index (χ1v) is 12.3. The van der Waals surface area contributed by atoms with Crippen molar-refractivity contribution in [3.05, 3.63) is 48.0 Å². The third-order valence-electron chi connectivity index (χ3n) is 5.15. The summed E-state index contributed by atoms with van der Waals surface area (Å²) in [6.07, 6.45) is 2.88. The van der Waals surface area contributed by atoms with Gasteiger partial charge in [-0.2, -0.15) is 4.47 Å². The van der Waals surface area contributed by atoms with Gasteiger partial charge in [0, 0.05) is 32.9 Å². The highest BCUT2D eigenvalue weighted by molar-refractivity contribution is 7.98. The summed E-state index contributed by atoms with van der Waals surface area (Å²) in [5.41, 5.74) is 1.27. The van der Waals surface area contributed by atoms with Gasteiger partial charge in [-0.3, -0.25) is 15.1 Å². The zero-order chi connectivity index (χ0) is 25.6. The highest BCUT2D eigenvalue weighted by Crippen LogP contribution is 2.41. The lowest BCUT2D eigenvalue weighted by atomic mass is 10.1. The number of carbonyl (C=O) groups excluding carboxylic acids is 1. The minimum absolute atomic E-state index is 0.272. The van der Waals surface area contributed by atoms with Crippen molar-refractivity contribution in [2.45, 2.75) is 45.0 Å². The second-order valence-electron chi connectivity index (χ2n) is 7.71. The van der Waals surface area contributed by atoms with E-state index in [1.165, 1.54) is 6.07 Å². The number of amides is 1. The molecule has 1 heterocycles. The molecule has 2 aromatic rings. The Morgan fingerprint density at radius 1 is 1.31 bits per heavy atom. The van der Waals surface area contributed by atoms with Crippen LogP contribution in [0.2, 0.25) is 0 Å². The fourth-order valence-corrected chi connectivity index (χ4v) is 3.55. The van der Waals surface area contributed by atoms with Crippen molar-refractivity contribution in [2.75, 3.05) is 37.1 Å². The van der Waals surface area contributed by atoms with Gasteiger partial charge >= 0.3 is 0 Å². The summed E-state index contributed by atoms with van der Waals surface area (Å²) in [5, 5.41) is 30.7. The van der Waals surface area contributed by atoms with Gasteiger partial charge in [-0.25, -0.2) is 0 Å². The second kappa shape index (κ2) is 15.5. The number of aliphatic hydroxyl groups is 1. The number of benzene rings is 2. The number of methoxy groups -OCH3 is 1. The van der Waals surface area contributed by atoms with Crippen LogP contribution in [-0.4, -0.2) is 55.9 Å². The molecule has 6 N–H and O–H groups in total. The molecule has 3 rings (SSSR count). The van der Waals surface area contributed by atoms with Crippen molar-refractivity contribution >= 4 is 29.4 Å². The number of aliphatic hydroxyl groups excluding tert-OH is 1. The van der Waals surface area contributed by atoms with Crippen LogP contribution in [0.3, 0.4) is 0 Å². The first-order chi connectivity index (χ1) is 16.9. The number of ether oxygens (including phenoxy) is 3. The van der Waals surface area contributed by atoms with Gasteiger partial charge in [-0.05, 0) is 43.5 Å². The van der Waals surface area contributed by atoms with Crippen LogP contribution in [0.25, 0.3) is 0 Å². The molecule has 0 radical (unpaired) electrons. The average Bonchev–Trinajstić information content (AvgIpc) is 2.89. The quantitative estimate of drug-likeness (QED) is 0.182. The van der Waals surface area contributed by atoms with E-state index in [0.717, 1.165) is 30.2 Å². The standard InChI is InChI=1S/C18H24N4O3S.C6H12O3/c1-3-4-10-21-15-11-13(18(23)20-2)12-16(22(24)26-19)17(15)25-14-8-6-5-7-9-14;1-8-6-5(7)3-2-4-9-6/h5-9,11-12,21,24H,3-4,10,19H2,1-2H3,(H,20,23);5-7H,2-4H2,1H3. The Labute approximate surface area is 211 Å². The lowest BCUT2D eigenvalue weighted by Crippen LogP contribution is -2.35. The van der Waals surface area contributed by atoms with Gasteiger partial charge in [0.05, 0.1) is 17.8 Å². The van der Waals surface area contributed by atoms with E-state index in [1.807, 2.05) is 30.3 Å². The molecule has 1 saturated heterocycles. The van der Waals surface area contributed by atoms with E-state index in [4.69, 9.17) is 24.5 Å². The number of rotatable bonds is 10. The Hall–Kier alpha value is -2.54. The molecule has 2 unspecified atom stereocenters. The molecule has 2 aromatic carbocycles. The number of nitrogens with one attached hydrogen (secondary N) is 2. The number of hydrogen-bond acceptors (Lipinski definition) is 10. The van der Waals surface area contributed by atoms with Gasteiger partial charge in [-0.15, -0.1) is 0 Å². The zero-order valence-electron chi connectivity index (χ0n) is 20.4. The van der Waals surface area contributed by atoms with E-state index in [9.17, 15) is 10.0 Å². The molecule has 0 bridgehead atoms. The fraction of sp³-hybridized carbons (Fsp3) is 0.458. The largest absolute Gasteiger partial charge is 0.453 e. The monoisotopic (exact) mass is 508 g/mol. The van der Waals surface area contributed by atoms with Gasteiger partial charge in [0.2, 0.25) is 0 Å². The van der Waals surface area contributed by atoms with Gasteiger partial charge in [0.1, 0.15) is 17.5 Å². The third-order valence-corrected chi connectivity index (χ3v) is 5.54. The number of nitrogens with two attached hydrogens (primary N) is 1. The van der Waals surface area contributed by atoms with Crippen molar-refractivity contribution in [2.24, 2.45) is 5.14 Å². The molecule has 1 fully saturated rings. The van der Waals surface area contributed by atoms with E-state index >= 15 is 0 Å². The molecular formula is C24H36N4O6S. The summed E-state index contributed by atoms with van der Waals surface area (Å²) >= 11 is 0.617. The summed E-state index contributed by atoms with van der Waals surface area (Å²) in [7, 11) is 3.09. The van der Waals surface area contributed by atoms with Crippen LogP contribution in [0.5, 0.6) is 11.5 Å². The van der Waals surface area contributed by atoms with Crippen molar-refractivity contribution in [1.82, 2.24) is 5.32 Å². The zero-order valence-corrected chi connectivity index (χ0v) is 21.2. The first kappa shape index (κ1) is 28.7. The van der Waals surface area contributed by atoms with Crippen LogP contribution >= 0.6 is 12.1 Å². The molecule has 0 saturated carbocycles. The van der Waals surface area contributed by atoms with E-state index in [1.54, 1.807) is 20.2 Å². The summed E-state index contributed by atoms with van der Waals surface area (Å²) < 4.78 is 16.7. The fourth-order valence-electron chi connectivity index (χ4n) is 3.30. The van der Waals surface area contributed by atoms with Crippen molar-refractivity contribution in [3.8, 4) is 11.5 Å². The Balaban J connectivity index is 0.000000402. The van der Waals surface area contributed by atoms with Crippen LogP contribution in [0, 0.1) is 0 Å². The SMILES string of the molecule is CCCCNc1cc(C(=O)NC)cc(N(O)SN)c1Oc1ccccc1.COC1OCCCC1O. The summed E-state index contributed by atoms with van der Waals surface area (Å²) in [6.45, 7) is 3.50.